The number of nitrogens with zero attached hydrogens (tertiary/aromatic N) is 2. The summed E-state index contributed by atoms with van der Waals surface area (Å²) in [5.41, 5.74) is 0.394. The number of alkyl halides is 2. The van der Waals surface area contributed by atoms with E-state index in [0.29, 0.717) is 10.9 Å². The standard InChI is InChI=1S/C12H11F2N3O2/c13-10(14)12-16-8-4-2-1-3-7(8)11(17-12)15-6-5-9(18)19/h1-4,10H,5-6H2,(H,18,19)(H,15,16,17). The van der Waals surface area contributed by atoms with Gasteiger partial charge in [0, 0.05) is 11.9 Å². The van der Waals surface area contributed by atoms with Crippen molar-refractivity contribution in [1.29, 1.82) is 0 Å². The quantitative estimate of drug-likeness (QED) is 0.870. The highest BCUT2D eigenvalue weighted by Crippen LogP contribution is 2.24. The van der Waals surface area contributed by atoms with Crippen LogP contribution in [0.25, 0.3) is 10.9 Å². The predicted octanol–water partition coefficient (Wildman–Crippen LogP) is 2.45. The molecule has 0 saturated carbocycles. The highest BCUT2D eigenvalue weighted by Gasteiger charge is 2.14. The second-order valence-electron chi connectivity index (χ2n) is 3.82. The maximum absolute atomic E-state index is 12.7. The molecule has 0 fully saturated rings. The molecule has 100 valence electrons. The first kappa shape index (κ1) is 13.1. The molecule has 19 heavy (non-hydrogen) atoms. The van der Waals surface area contributed by atoms with Crippen LogP contribution in [0.15, 0.2) is 24.3 Å². The second kappa shape index (κ2) is 5.55. The van der Waals surface area contributed by atoms with E-state index < -0.39 is 18.2 Å². The van der Waals surface area contributed by atoms with Crippen LogP contribution in [-0.2, 0) is 4.79 Å². The fourth-order valence-corrected chi connectivity index (χ4v) is 1.61. The van der Waals surface area contributed by atoms with Crippen molar-refractivity contribution in [3.8, 4) is 0 Å². The van der Waals surface area contributed by atoms with Crippen LogP contribution in [0.3, 0.4) is 0 Å². The van der Waals surface area contributed by atoms with Gasteiger partial charge in [-0.05, 0) is 12.1 Å². The number of benzene rings is 1. The zero-order valence-electron chi connectivity index (χ0n) is 9.81. The number of carbonyl (C=O) groups is 1. The third-order valence-electron chi connectivity index (χ3n) is 2.45. The van der Waals surface area contributed by atoms with Gasteiger partial charge in [-0.15, -0.1) is 0 Å². The van der Waals surface area contributed by atoms with Crippen molar-refractivity contribution in [2.45, 2.75) is 12.8 Å². The molecule has 1 heterocycles. The van der Waals surface area contributed by atoms with Crippen LogP contribution in [0.4, 0.5) is 14.6 Å². The van der Waals surface area contributed by atoms with Crippen molar-refractivity contribution in [3.63, 3.8) is 0 Å². The molecule has 0 unspecified atom stereocenters. The van der Waals surface area contributed by atoms with E-state index in [4.69, 9.17) is 5.11 Å². The van der Waals surface area contributed by atoms with Crippen molar-refractivity contribution in [2.75, 3.05) is 11.9 Å². The summed E-state index contributed by atoms with van der Waals surface area (Å²) in [5.74, 6) is -1.32. The molecular weight excluding hydrogens is 256 g/mol. The maximum atomic E-state index is 12.7. The average molecular weight is 267 g/mol. The van der Waals surface area contributed by atoms with Crippen LogP contribution in [0.2, 0.25) is 0 Å². The van der Waals surface area contributed by atoms with Gasteiger partial charge < -0.3 is 10.4 Å². The minimum Gasteiger partial charge on any atom is -0.481 e. The number of rotatable bonds is 5. The number of halogens is 2. The Kier molecular flexibility index (Phi) is 3.84. The molecule has 0 aliphatic rings. The Morgan fingerprint density at radius 1 is 1.32 bits per heavy atom. The topological polar surface area (TPSA) is 75.1 Å². The van der Waals surface area contributed by atoms with Crippen molar-refractivity contribution in [1.82, 2.24) is 9.97 Å². The van der Waals surface area contributed by atoms with E-state index in [1.54, 1.807) is 24.3 Å². The second-order valence-corrected chi connectivity index (χ2v) is 3.82. The Balaban J connectivity index is 2.36. The van der Waals surface area contributed by atoms with Crippen molar-refractivity contribution in [3.05, 3.63) is 30.1 Å². The molecule has 2 aromatic rings. The van der Waals surface area contributed by atoms with E-state index in [1.807, 2.05) is 0 Å². The molecule has 0 amide bonds. The number of hydrogen-bond donors (Lipinski definition) is 2. The summed E-state index contributed by atoms with van der Waals surface area (Å²) in [5, 5.41) is 11.9. The molecular formula is C12H11F2N3O2. The summed E-state index contributed by atoms with van der Waals surface area (Å²) >= 11 is 0. The lowest BCUT2D eigenvalue weighted by molar-refractivity contribution is -0.136. The summed E-state index contributed by atoms with van der Waals surface area (Å²) in [6, 6.07) is 6.71. The molecule has 0 bridgehead atoms. The molecule has 0 radical (unpaired) electrons. The van der Waals surface area contributed by atoms with Crippen molar-refractivity contribution < 1.29 is 18.7 Å². The minimum atomic E-state index is -2.77. The molecule has 0 spiro atoms. The zero-order chi connectivity index (χ0) is 13.8. The van der Waals surface area contributed by atoms with Crippen LogP contribution in [-0.4, -0.2) is 27.6 Å². The summed E-state index contributed by atoms with van der Waals surface area (Å²) in [4.78, 5) is 17.9. The number of nitrogens with one attached hydrogen (secondary N) is 1. The van der Waals surface area contributed by atoms with Gasteiger partial charge in [-0.2, -0.15) is 0 Å². The molecule has 0 atom stereocenters. The summed E-state index contributed by atoms with van der Waals surface area (Å²) in [6.07, 6.45) is -2.90. The molecule has 1 aromatic heterocycles. The van der Waals surface area contributed by atoms with E-state index >= 15 is 0 Å². The van der Waals surface area contributed by atoms with Crippen molar-refractivity contribution in [2.24, 2.45) is 0 Å². The third-order valence-corrected chi connectivity index (χ3v) is 2.45. The largest absolute Gasteiger partial charge is 0.481 e. The zero-order valence-corrected chi connectivity index (χ0v) is 9.81. The fourth-order valence-electron chi connectivity index (χ4n) is 1.61. The molecule has 1 aromatic carbocycles. The van der Waals surface area contributed by atoms with E-state index in [-0.39, 0.29) is 18.8 Å². The maximum Gasteiger partial charge on any atom is 0.305 e. The first-order valence-electron chi connectivity index (χ1n) is 5.58. The molecule has 2 rings (SSSR count). The fraction of sp³-hybridized carbons (Fsp3) is 0.250. The number of anilines is 1. The van der Waals surface area contributed by atoms with Crippen LogP contribution < -0.4 is 5.32 Å². The summed E-state index contributed by atoms with van der Waals surface area (Å²) < 4.78 is 25.4. The Labute approximate surface area is 107 Å². The van der Waals surface area contributed by atoms with E-state index in [1.165, 1.54) is 0 Å². The normalized spacial score (nSPS) is 10.9. The van der Waals surface area contributed by atoms with Gasteiger partial charge in [0.25, 0.3) is 6.43 Å². The molecule has 5 nitrogen and oxygen atoms in total. The number of carboxylic acids is 1. The number of fused-ring (bicyclic) bond motifs is 1. The highest BCUT2D eigenvalue weighted by molar-refractivity contribution is 5.89. The van der Waals surface area contributed by atoms with Gasteiger partial charge in [-0.25, -0.2) is 18.7 Å². The van der Waals surface area contributed by atoms with Gasteiger partial charge in [0.1, 0.15) is 5.82 Å². The summed E-state index contributed by atoms with van der Waals surface area (Å²) in [6.45, 7) is 0.110. The van der Waals surface area contributed by atoms with Crippen LogP contribution in [0.1, 0.15) is 18.7 Å². The monoisotopic (exact) mass is 267 g/mol. The highest BCUT2D eigenvalue weighted by atomic mass is 19.3. The van der Waals surface area contributed by atoms with Gasteiger partial charge >= 0.3 is 5.97 Å². The SMILES string of the molecule is O=C(O)CCNc1nc(C(F)F)nc2ccccc12. The first-order chi connectivity index (χ1) is 9.08. The Hall–Kier alpha value is -2.31. The van der Waals surface area contributed by atoms with Gasteiger partial charge in [0.2, 0.25) is 0 Å². The first-order valence-corrected chi connectivity index (χ1v) is 5.58. The van der Waals surface area contributed by atoms with Crippen LogP contribution in [0.5, 0.6) is 0 Å². The Bertz CT molecular complexity index is 605. The van der Waals surface area contributed by atoms with Crippen LogP contribution in [0, 0.1) is 0 Å². The van der Waals surface area contributed by atoms with Gasteiger partial charge in [0.05, 0.1) is 11.9 Å². The number of para-hydroxylation sites is 1. The third kappa shape index (κ3) is 3.12. The van der Waals surface area contributed by atoms with E-state index in [0.717, 1.165) is 0 Å². The molecule has 0 aliphatic carbocycles. The van der Waals surface area contributed by atoms with Gasteiger partial charge in [0.15, 0.2) is 5.82 Å². The van der Waals surface area contributed by atoms with E-state index in [9.17, 15) is 13.6 Å². The Morgan fingerprint density at radius 2 is 2.05 bits per heavy atom. The van der Waals surface area contributed by atoms with E-state index in [2.05, 4.69) is 15.3 Å². The van der Waals surface area contributed by atoms with Gasteiger partial charge in [-0.3, -0.25) is 4.79 Å². The van der Waals surface area contributed by atoms with Crippen LogP contribution >= 0.6 is 0 Å². The predicted molar refractivity (Wildman–Crippen MR) is 65.2 cm³/mol. The number of aromatic nitrogens is 2. The number of carboxylic acid groups (broad SMARTS) is 1. The molecule has 0 saturated heterocycles. The average Bonchev–Trinajstić information content (AvgIpc) is 2.38. The molecule has 0 aliphatic heterocycles. The lowest BCUT2D eigenvalue weighted by Crippen LogP contribution is -2.10. The smallest absolute Gasteiger partial charge is 0.305 e. The summed E-state index contributed by atoms with van der Waals surface area (Å²) in [7, 11) is 0. The number of hydrogen-bond acceptors (Lipinski definition) is 4. The lowest BCUT2D eigenvalue weighted by atomic mass is 10.2. The molecule has 7 heteroatoms. The molecule has 2 N–H and O–H groups in total. The van der Waals surface area contributed by atoms with Gasteiger partial charge in [-0.1, -0.05) is 12.1 Å². The lowest BCUT2D eigenvalue weighted by Gasteiger charge is -2.09. The number of aliphatic carboxylic acids is 1. The minimum absolute atomic E-state index is 0.110. The Morgan fingerprint density at radius 3 is 2.74 bits per heavy atom. The van der Waals surface area contributed by atoms with Crippen molar-refractivity contribution >= 4 is 22.7 Å².